The molecule has 0 amide bonds. The van der Waals surface area contributed by atoms with Gasteiger partial charge in [-0.25, -0.2) is 13.4 Å². The summed E-state index contributed by atoms with van der Waals surface area (Å²) in [5, 5.41) is 10.9. The molecule has 0 aliphatic heterocycles. The van der Waals surface area contributed by atoms with Gasteiger partial charge < -0.3 is 0 Å². The first-order valence-electron chi connectivity index (χ1n) is 8.04. The molecule has 0 spiro atoms. The second-order valence-electron chi connectivity index (χ2n) is 6.06. The van der Waals surface area contributed by atoms with Crippen LogP contribution in [-0.2, 0) is 9.84 Å². The molecule has 0 saturated carbocycles. The number of hydrogen-bond acceptors (Lipinski definition) is 6. The number of nitro benzene ring substituents is 1. The first-order chi connectivity index (χ1) is 13.5. The molecule has 0 aliphatic carbocycles. The van der Waals surface area contributed by atoms with Gasteiger partial charge in [0.25, 0.3) is 11.2 Å². The molecule has 1 aromatic heterocycles. The Kier molecular flexibility index (Phi) is 5.13. The van der Waals surface area contributed by atoms with Gasteiger partial charge in [-0.05, 0) is 24.3 Å². The van der Waals surface area contributed by atoms with E-state index in [1.165, 1.54) is 24.3 Å². The maximum atomic E-state index is 12.7. The molecule has 0 aliphatic rings. The Labute approximate surface area is 161 Å². The number of nitrogens with zero attached hydrogens (tertiary/aromatic N) is 3. The molecule has 0 saturated heterocycles. The van der Waals surface area contributed by atoms with E-state index in [0.717, 1.165) is 29.1 Å². The van der Waals surface area contributed by atoms with Gasteiger partial charge in [0.05, 0.1) is 38.6 Å². The average molecular weight is 427 g/mol. The number of rotatable bonds is 5. The van der Waals surface area contributed by atoms with Crippen molar-refractivity contribution in [2.45, 2.75) is 17.5 Å². The summed E-state index contributed by atoms with van der Waals surface area (Å²) in [6.45, 7) is 0. The Hall–Kier alpha value is -3.28. The van der Waals surface area contributed by atoms with E-state index in [9.17, 15) is 36.5 Å². The van der Waals surface area contributed by atoms with E-state index in [0.29, 0.717) is 0 Å². The van der Waals surface area contributed by atoms with Crippen molar-refractivity contribution < 1.29 is 26.5 Å². The molecule has 0 fully saturated rings. The predicted octanol–water partition coefficient (Wildman–Crippen LogP) is 3.02. The Bertz CT molecular complexity index is 1270. The zero-order valence-electron chi connectivity index (χ0n) is 14.5. The number of non-ortho nitro benzene ring substituents is 1. The molecule has 0 unspecified atom stereocenters. The van der Waals surface area contributed by atoms with E-state index < -0.39 is 38.7 Å². The van der Waals surface area contributed by atoms with Crippen LogP contribution in [0.5, 0.6) is 0 Å². The maximum absolute atomic E-state index is 12.7. The topological polar surface area (TPSA) is 112 Å². The Balaban J connectivity index is 2.07. The third-order valence-electron chi connectivity index (χ3n) is 4.06. The summed E-state index contributed by atoms with van der Waals surface area (Å²) in [4.78, 5) is 26.6. The van der Waals surface area contributed by atoms with Crippen LogP contribution in [-0.4, -0.2) is 34.8 Å². The molecule has 2 aromatic carbocycles. The summed E-state index contributed by atoms with van der Waals surface area (Å²) in [6, 6.07) is 8.36. The van der Waals surface area contributed by atoms with Crippen LogP contribution in [0, 0.1) is 10.1 Å². The molecule has 0 N–H and O–H groups in total. The summed E-state index contributed by atoms with van der Waals surface area (Å²) in [7, 11) is -4.24. The van der Waals surface area contributed by atoms with Crippen molar-refractivity contribution in [2.75, 3.05) is 5.75 Å². The zero-order valence-corrected chi connectivity index (χ0v) is 15.3. The minimum absolute atomic E-state index is 0.0454. The quantitative estimate of drug-likeness (QED) is 0.457. The highest BCUT2D eigenvalue weighted by Crippen LogP contribution is 2.24. The molecule has 3 rings (SSSR count). The normalized spacial score (nSPS) is 12.2. The molecule has 0 radical (unpaired) electrons. The monoisotopic (exact) mass is 427 g/mol. The fraction of sp³-hybridized carbons (Fsp3) is 0.176. The molecule has 3 aromatic rings. The highest BCUT2D eigenvalue weighted by molar-refractivity contribution is 7.91. The van der Waals surface area contributed by atoms with Gasteiger partial charge in [-0.1, -0.05) is 6.07 Å². The lowest BCUT2D eigenvalue weighted by molar-refractivity contribution is -0.384. The van der Waals surface area contributed by atoms with Crippen molar-refractivity contribution in [3.8, 4) is 5.69 Å². The Morgan fingerprint density at radius 2 is 1.86 bits per heavy atom. The van der Waals surface area contributed by atoms with E-state index >= 15 is 0 Å². The summed E-state index contributed by atoms with van der Waals surface area (Å²) in [5.74, 6) is -1.13. The number of benzene rings is 2. The van der Waals surface area contributed by atoms with Crippen molar-refractivity contribution in [3.05, 3.63) is 69.3 Å². The van der Waals surface area contributed by atoms with E-state index in [-0.39, 0.29) is 27.2 Å². The molecule has 0 atom stereocenters. The summed E-state index contributed by atoms with van der Waals surface area (Å²) in [5.41, 5.74) is -0.768. The van der Waals surface area contributed by atoms with E-state index in [4.69, 9.17) is 0 Å². The van der Waals surface area contributed by atoms with Gasteiger partial charge in [0, 0.05) is 12.1 Å². The van der Waals surface area contributed by atoms with Crippen LogP contribution in [0.25, 0.3) is 16.6 Å². The smallest absolute Gasteiger partial charge is 0.268 e. The van der Waals surface area contributed by atoms with Crippen LogP contribution in [0.3, 0.4) is 0 Å². The lowest BCUT2D eigenvalue weighted by Gasteiger charge is -2.10. The van der Waals surface area contributed by atoms with Crippen molar-refractivity contribution in [1.29, 1.82) is 0 Å². The van der Waals surface area contributed by atoms with E-state index in [2.05, 4.69) is 4.98 Å². The van der Waals surface area contributed by atoms with Crippen LogP contribution < -0.4 is 5.56 Å². The second kappa shape index (κ2) is 7.28. The van der Waals surface area contributed by atoms with Gasteiger partial charge >= 0.3 is 6.18 Å². The van der Waals surface area contributed by atoms with E-state index in [1.54, 1.807) is 0 Å². The third-order valence-corrected chi connectivity index (χ3v) is 5.78. The summed E-state index contributed by atoms with van der Waals surface area (Å²) < 4.78 is 62.5. The van der Waals surface area contributed by atoms with Gasteiger partial charge in [-0.2, -0.15) is 13.2 Å². The number of nitro groups is 1. The van der Waals surface area contributed by atoms with Gasteiger partial charge in [-0.15, -0.1) is 0 Å². The first-order valence-corrected chi connectivity index (χ1v) is 9.69. The van der Waals surface area contributed by atoms with Crippen LogP contribution >= 0.6 is 0 Å². The fourth-order valence-electron chi connectivity index (χ4n) is 2.60. The molecule has 29 heavy (non-hydrogen) atoms. The van der Waals surface area contributed by atoms with E-state index in [1.807, 2.05) is 0 Å². The number of sulfone groups is 1. The molecule has 12 heteroatoms. The average Bonchev–Trinajstić information content (AvgIpc) is 2.66. The molecular weight excluding hydrogens is 415 g/mol. The summed E-state index contributed by atoms with van der Waals surface area (Å²) >= 11 is 0. The number of halogens is 3. The fourth-order valence-corrected chi connectivity index (χ4v) is 3.92. The van der Waals surface area contributed by atoms with Crippen LogP contribution in [0.4, 0.5) is 18.9 Å². The van der Waals surface area contributed by atoms with Gasteiger partial charge in [0.1, 0.15) is 6.33 Å². The van der Waals surface area contributed by atoms with Gasteiger partial charge in [0.15, 0.2) is 9.84 Å². The molecule has 152 valence electrons. The number of hydrogen-bond donors (Lipinski definition) is 0. The van der Waals surface area contributed by atoms with Crippen LogP contribution in [0.15, 0.2) is 58.5 Å². The predicted molar refractivity (Wildman–Crippen MR) is 96.7 cm³/mol. The Morgan fingerprint density at radius 3 is 2.52 bits per heavy atom. The minimum atomic E-state index is -4.63. The standard InChI is InChI=1S/C17H12F3N3O5S/c18-17(19,20)6-7-29(27,28)13-3-1-2-11(8-13)22-10-21-15-5-4-12(23(25)26)9-14(15)16(22)24/h1-5,8-10H,6-7H2. The van der Waals surface area contributed by atoms with Gasteiger partial charge in [0.2, 0.25) is 0 Å². The number of fused-ring (bicyclic) bond motifs is 1. The minimum Gasteiger partial charge on any atom is -0.268 e. The van der Waals surface area contributed by atoms with Crippen molar-refractivity contribution >= 4 is 26.4 Å². The maximum Gasteiger partial charge on any atom is 0.390 e. The van der Waals surface area contributed by atoms with Crippen molar-refractivity contribution in [2.24, 2.45) is 0 Å². The number of alkyl halides is 3. The lowest BCUT2D eigenvalue weighted by atomic mass is 10.2. The largest absolute Gasteiger partial charge is 0.390 e. The van der Waals surface area contributed by atoms with Crippen LogP contribution in [0.1, 0.15) is 6.42 Å². The van der Waals surface area contributed by atoms with Crippen molar-refractivity contribution in [1.82, 2.24) is 9.55 Å². The van der Waals surface area contributed by atoms with Crippen molar-refractivity contribution in [3.63, 3.8) is 0 Å². The van der Waals surface area contributed by atoms with Gasteiger partial charge in [-0.3, -0.25) is 19.5 Å². The second-order valence-corrected chi connectivity index (χ2v) is 8.17. The third kappa shape index (κ3) is 4.42. The molecular formula is C17H12F3N3O5S. The summed E-state index contributed by atoms with van der Waals surface area (Å²) in [6.07, 6.45) is -5.02. The molecule has 1 heterocycles. The molecule has 0 bridgehead atoms. The number of aromatic nitrogens is 2. The molecule has 8 nitrogen and oxygen atoms in total. The lowest BCUT2D eigenvalue weighted by Crippen LogP contribution is -2.20. The Morgan fingerprint density at radius 1 is 1.14 bits per heavy atom. The SMILES string of the molecule is O=c1c2cc([N+](=O)[O-])ccc2ncn1-c1cccc(S(=O)(=O)CCC(F)(F)F)c1. The zero-order chi connectivity index (χ0) is 21.4. The highest BCUT2D eigenvalue weighted by Gasteiger charge is 2.30. The first kappa shape index (κ1) is 20.5. The van der Waals surface area contributed by atoms with Crippen LogP contribution in [0.2, 0.25) is 0 Å². The highest BCUT2D eigenvalue weighted by atomic mass is 32.2.